The molecule has 0 spiro atoms. The van der Waals surface area contributed by atoms with Gasteiger partial charge in [0.2, 0.25) is 0 Å². The van der Waals surface area contributed by atoms with Gasteiger partial charge >= 0.3 is 0 Å². The highest BCUT2D eigenvalue weighted by atomic mass is 19.1. The Hall–Kier alpha value is -0.930. The van der Waals surface area contributed by atoms with Crippen molar-refractivity contribution in [1.82, 2.24) is 5.32 Å². The molecule has 1 aromatic carbocycles. The van der Waals surface area contributed by atoms with E-state index in [2.05, 4.69) is 19.2 Å². The van der Waals surface area contributed by atoms with Crippen LogP contribution >= 0.6 is 0 Å². The molecule has 0 unspecified atom stereocenters. The molecule has 0 radical (unpaired) electrons. The molecule has 1 aliphatic heterocycles. The van der Waals surface area contributed by atoms with Crippen LogP contribution in [-0.2, 0) is 10.2 Å². The Kier molecular flexibility index (Phi) is 5.61. The maximum atomic E-state index is 13.3. The second-order valence-corrected chi connectivity index (χ2v) is 8.35. The van der Waals surface area contributed by atoms with Crippen molar-refractivity contribution in [3.05, 3.63) is 35.6 Å². The van der Waals surface area contributed by atoms with Gasteiger partial charge in [0, 0.05) is 12.6 Å². The highest BCUT2D eigenvalue weighted by Gasteiger charge is 2.34. The second-order valence-electron chi connectivity index (χ2n) is 8.35. The van der Waals surface area contributed by atoms with E-state index >= 15 is 0 Å². The summed E-state index contributed by atoms with van der Waals surface area (Å²) in [7, 11) is 0. The smallest absolute Gasteiger partial charge is 0.123 e. The number of halogens is 1. The van der Waals surface area contributed by atoms with Crippen molar-refractivity contribution in [3.63, 3.8) is 0 Å². The molecule has 1 aliphatic carbocycles. The van der Waals surface area contributed by atoms with E-state index in [0.29, 0.717) is 6.04 Å². The third-order valence-electron chi connectivity index (χ3n) is 6.00. The first-order chi connectivity index (χ1) is 11.5. The first-order valence-electron chi connectivity index (χ1n) is 9.63. The van der Waals surface area contributed by atoms with Gasteiger partial charge in [0.1, 0.15) is 5.82 Å². The van der Waals surface area contributed by atoms with Crippen LogP contribution in [0.25, 0.3) is 0 Å². The molecule has 24 heavy (non-hydrogen) atoms. The molecule has 1 N–H and O–H groups in total. The number of ether oxygens (including phenoxy) is 1. The fourth-order valence-corrected chi connectivity index (χ4v) is 4.64. The van der Waals surface area contributed by atoms with Gasteiger partial charge < -0.3 is 10.1 Å². The summed E-state index contributed by atoms with van der Waals surface area (Å²) in [4.78, 5) is 0. The predicted octanol–water partition coefficient (Wildman–Crippen LogP) is 4.96. The normalized spacial score (nSPS) is 26.2. The molecule has 2 nitrogen and oxygen atoms in total. The maximum Gasteiger partial charge on any atom is 0.123 e. The standard InChI is InChI=1S/C21H32FNO/c1-20(2)16-19(10-15-24-20)23-14-13-21(11-4-3-5-12-21)17-6-8-18(22)9-7-17/h6-9,19,23H,3-5,10-16H2,1-2H3/t19-/m1/s1. The van der Waals surface area contributed by atoms with Crippen molar-refractivity contribution < 1.29 is 9.13 Å². The van der Waals surface area contributed by atoms with Gasteiger partial charge in [-0.25, -0.2) is 4.39 Å². The van der Waals surface area contributed by atoms with E-state index in [0.717, 1.165) is 32.4 Å². The van der Waals surface area contributed by atoms with Crippen molar-refractivity contribution in [1.29, 1.82) is 0 Å². The van der Waals surface area contributed by atoms with Crippen LogP contribution in [0.15, 0.2) is 24.3 Å². The van der Waals surface area contributed by atoms with Crippen LogP contribution in [0.3, 0.4) is 0 Å². The van der Waals surface area contributed by atoms with Crippen LogP contribution in [0.2, 0.25) is 0 Å². The molecule has 1 saturated heterocycles. The number of nitrogens with one attached hydrogen (secondary N) is 1. The molecule has 1 saturated carbocycles. The molecule has 0 aromatic heterocycles. The monoisotopic (exact) mass is 333 g/mol. The van der Waals surface area contributed by atoms with Gasteiger partial charge in [0.15, 0.2) is 0 Å². The lowest BCUT2D eigenvalue weighted by Gasteiger charge is -2.40. The fourth-order valence-electron chi connectivity index (χ4n) is 4.64. The summed E-state index contributed by atoms with van der Waals surface area (Å²) in [5.41, 5.74) is 1.56. The third kappa shape index (κ3) is 4.37. The lowest BCUT2D eigenvalue weighted by Crippen LogP contribution is -2.45. The Morgan fingerprint density at radius 3 is 2.50 bits per heavy atom. The first kappa shape index (κ1) is 17.9. The van der Waals surface area contributed by atoms with Crippen molar-refractivity contribution >= 4 is 0 Å². The molecule has 2 fully saturated rings. The minimum absolute atomic E-state index is 0.00456. The minimum Gasteiger partial charge on any atom is -0.375 e. The molecule has 1 atom stereocenters. The minimum atomic E-state index is -0.132. The Morgan fingerprint density at radius 2 is 1.83 bits per heavy atom. The van der Waals surface area contributed by atoms with Crippen molar-refractivity contribution in [2.75, 3.05) is 13.2 Å². The van der Waals surface area contributed by atoms with Crippen molar-refractivity contribution in [3.8, 4) is 0 Å². The number of hydrogen-bond donors (Lipinski definition) is 1. The number of rotatable bonds is 5. The number of hydrogen-bond acceptors (Lipinski definition) is 2. The van der Waals surface area contributed by atoms with E-state index in [-0.39, 0.29) is 16.8 Å². The lowest BCUT2D eigenvalue weighted by atomic mass is 9.67. The molecule has 0 amide bonds. The first-order valence-corrected chi connectivity index (χ1v) is 9.63. The molecule has 2 aliphatic rings. The van der Waals surface area contributed by atoms with Gasteiger partial charge in [0.05, 0.1) is 5.60 Å². The molecular formula is C21H32FNO. The van der Waals surface area contributed by atoms with Gasteiger partial charge in [0.25, 0.3) is 0 Å². The van der Waals surface area contributed by atoms with Crippen LogP contribution in [0.4, 0.5) is 4.39 Å². The summed E-state index contributed by atoms with van der Waals surface area (Å²) < 4.78 is 19.1. The average Bonchev–Trinajstić information content (AvgIpc) is 2.55. The molecule has 1 aromatic rings. The van der Waals surface area contributed by atoms with E-state index in [1.807, 2.05) is 12.1 Å². The average molecular weight is 333 g/mol. The summed E-state index contributed by atoms with van der Waals surface area (Å²) in [6.45, 7) is 6.26. The summed E-state index contributed by atoms with van der Waals surface area (Å²) >= 11 is 0. The zero-order chi connectivity index (χ0) is 17.0. The van der Waals surface area contributed by atoms with Gasteiger partial charge in [-0.2, -0.15) is 0 Å². The van der Waals surface area contributed by atoms with Crippen LogP contribution in [0.5, 0.6) is 0 Å². The molecule has 1 heterocycles. The molecule has 0 bridgehead atoms. The fraction of sp³-hybridized carbons (Fsp3) is 0.714. The summed E-state index contributed by atoms with van der Waals surface area (Å²) in [6, 6.07) is 7.83. The topological polar surface area (TPSA) is 21.3 Å². The third-order valence-corrected chi connectivity index (χ3v) is 6.00. The van der Waals surface area contributed by atoms with Crippen molar-refractivity contribution in [2.45, 2.75) is 82.3 Å². The highest BCUT2D eigenvalue weighted by molar-refractivity contribution is 5.26. The molecule has 134 valence electrons. The van der Waals surface area contributed by atoms with Crippen LogP contribution in [0.1, 0.15) is 70.8 Å². The molecule has 3 rings (SSSR count). The van der Waals surface area contributed by atoms with E-state index in [9.17, 15) is 4.39 Å². The summed E-state index contributed by atoms with van der Waals surface area (Å²) in [5.74, 6) is -0.132. The second kappa shape index (κ2) is 7.53. The van der Waals surface area contributed by atoms with Gasteiger partial charge in [-0.15, -0.1) is 0 Å². The van der Waals surface area contributed by atoms with Gasteiger partial charge in [-0.3, -0.25) is 0 Å². The van der Waals surface area contributed by atoms with E-state index < -0.39 is 0 Å². The molecule has 3 heteroatoms. The Balaban J connectivity index is 1.61. The quantitative estimate of drug-likeness (QED) is 0.822. The van der Waals surface area contributed by atoms with Crippen LogP contribution in [0, 0.1) is 5.82 Å². The molecular weight excluding hydrogens is 301 g/mol. The van der Waals surface area contributed by atoms with E-state index in [1.165, 1.54) is 37.7 Å². The van der Waals surface area contributed by atoms with Crippen LogP contribution in [-0.4, -0.2) is 24.8 Å². The van der Waals surface area contributed by atoms with E-state index in [1.54, 1.807) is 12.1 Å². The predicted molar refractivity (Wildman–Crippen MR) is 96.8 cm³/mol. The maximum absolute atomic E-state index is 13.3. The van der Waals surface area contributed by atoms with Gasteiger partial charge in [-0.1, -0.05) is 31.4 Å². The van der Waals surface area contributed by atoms with Crippen LogP contribution < -0.4 is 5.32 Å². The Bertz CT molecular complexity index is 519. The van der Waals surface area contributed by atoms with E-state index in [4.69, 9.17) is 4.74 Å². The summed E-state index contributed by atoms with van der Waals surface area (Å²) in [6.07, 6.45) is 9.73. The SMILES string of the molecule is CC1(C)C[C@H](NCCC2(c3ccc(F)cc3)CCCCC2)CCO1. The zero-order valence-electron chi connectivity index (χ0n) is 15.2. The Morgan fingerprint density at radius 1 is 1.12 bits per heavy atom. The summed E-state index contributed by atoms with van der Waals surface area (Å²) in [5, 5.41) is 3.78. The zero-order valence-corrected chi connectivity index (χ0v) is 15.2. The highest BCUT2D eigenvalue weighted by Crippen LogP contribution is 2.42. The number of benzene rings is 1. The largest absolute Gasteiger partial charge is 0.375 e. The van der Waals surface area contributed by atoms with Gasteiger partial charge in [-0.05, 0) is 75.6 Å². The van der Waals surface area contributed by atoms with Crippen molar-refractivity contribution in [2.24, 2.45) is 0 Å². The lowest BCUT2D eigenvalue weighted by molar-refractivity contribution is -0.0629. The Labute approximate surface area is 146 Å².